The molecule has 5 nitrogen and oxygen atoms in total. The topological polar surface area (TPSA) is 55.6 Å². The lowest BCUT2D eigenvalue weighted by atomic mass is 10.1. The Morgan fingerprint density at radius 2 is 2.20 bits per heavy atom. The molecule has 1 atom stereocenters. The van der Waals surface area contributed by atoms with E-state index in [1.165, 1.54) is 5.69 Å². The third kappa shape index (κ3) is 3.07. The molecular formula is C14H20BrN5. The van der Waals surface area contributed by atoms with Gasteiger partial charge in [0.1, 0.15) is 6.33 Å². The molecule has 2 heterocycles. The van der Waals surface area contributed by atoms with E-state index in [-0.39, 0.29) is 6.04 Å². The summed E-state index contributed by atoms with van der Waals surface area (Å²) in [7, 11) is 1.95. The molecule has 0 spiro atoms. The highest BCUT2D eigenvalue weighted by atomic mass is 79.9. The first-order chi connectivity index (χ1) is 9.71. The summed E-state index contributed by atoms with van der Waals surface area (Å²) in [5, 5.41) is 7.96. The molecule has 0 aromatic carbocycles. The summed E-state index contributed by atoms with van der Waals surface area (Å²) in [6, 6.07) is 2.10. The maximum atomic E-state index is 4.64. The van der Waals surface area contributed by atoms with E-state index in [0.29, 0.717) is 0 Å². The molecular weight excluding hydrogens is 318 g/mol. The van der Waals surface area contributed by atoms with Gasteiger partial charge in [-0.05, 0) is 42.4 Å². The average molecular weight is 338 g/mol. The summed E-state index contributed by atoms with van der Waals surface area (Å²) in [4.78, 5) is 8.31. The first kappa shape index (κ1) is 15.1. The number of likely N-dealkylation sites (N-methyl/N-ethyl adjacent to an activating group) is 1. The van der Waals surface area contributed by atoms with Crippen molar-refractivity contribution in [3.8, 4) is 0 Å². The number of hydrogen-bond acceptors (Lipinski definition) is 4. The van der Waals surface area contributed by atoms with Crippen molar-refractivity contribution in [2.45, 2.75) is 39.3 Å². The number of nitrogens with one attached hydrogen (secondary N) is 1. The predicted octanol–water partition coefficient (Wildman–Crippen LogP) is 2.52. The van der Waals surface area contributed by atoms with Crippen LogP contribution < -0.4 is 5.32 Å². The van der Waals surface area contributed by atoms with Crippen LogP contribution in [0.1, 0.15) is 37.0 Å². The Hall–Kier alpha value is -1.27. The van der Waals surface area contributed by atoms with Crippen LogP contribution in [0.5, 0.6) is 0 Å². The second kappa shape index (κ2) is 6.95. The van der Waals surface area contributed by atoms with Crippen molar-refractivity contribution in [1.82, 2.24) is 25.1 Å². The molecule has 2 aromatic rings. The molecule has 0 aliphatic carbocycles. The smallest absolute Gasteiger partial charge is 0.115 e. The summed E-state index contributed by atoms with van der Waals surface area (Å²) >= 11 is 3.69. The summed E-state index contributed by atoms with van der Waals surface area (Å²) in [5.74, 6) is 0. The minimum Gasteiger partial charge on any atom is -0.311 e. The van der Waals surface area contributed by atoms with Gasteiger partial charge in [0, 0.05) is 19.2 Å². The van der Waals surface area contributed by atoms with E-state index >= 15 is 0 Å². The van der Waals surface area contributed by atoms with Crippen LogP contribution in [-0.4, -0.2) is 26.8 Å². The van der Waals surface area contributed by atoms with Crippen LogP contribution in [0.3, 0.4) is 0 Å². The van der Waals surface area contributed by atoms with Gasteiger partial charge in [0.15, 0.2) is 0 Å². The van der Waals surface area contributed by atoms with Crippen LogP contribution in [0.25, 0.3) is 0 Å². The molecule has 108 valence electrons. The van der Waals surface area contributed by atoms with Gasteiger partial charge in [-0.15, -0.1) is 0 Å². The van der Waals surface area contributed by atoms with E-state index in [1.54, 1.807) is 12.5 Å². The van der Waals surface area contributed by atoms with Gasteiger partial charge in [-0.2, -0.15) is 5.10 Å². The molecule has 0 aliphatic heterocycles. The molecule has 0 saturated heterocycles. The van der Waals surface area contributed by atoms with Crippen LogP contribution in [0, 0.1) is 0 Å². The van der Waals surface area contributed by atoms with E-state index in [0.717, 1.165) is 35.2 Å². The Labute approximate surface area is 128 Å². The normalized spacial score (nSPS) is 12.6. The van der Waals surface area contributed by atoms with Crippen molar-refractivity contribution >= 4 is 15.9 Å². The summed E-state index contributed by atoms with van der Waals surface area (Å²) < 4.78 is 3.19. The second-order valence-corrected chi connectivity index (χ2v) is 5.35. The molecule has 1 N–H and O–H groups in total. The van der Waals surface area contributed by atoms with Gasteiger partial charge < -0.3 is 5.32 Å². The van der Waals surface area contributed by atoms with Gasteiger partial charge in [0.25, 0.3) is 0 Å². The third-order valence-corrected chi connectivity index (χ3v) is 4.32. The second-order valence-electron chi connectivity index (χ2n) is 4.56. The quantitative estimate of drug-likeness (QED) is 0.879. The zero-order chi connectivity index (χ0) is 14.5. The van der Waals surface area contributed by atoms with E-state index in [4.69, 9.17) is 0 Å². The van der Waals surface area contributed by atoms with Gasteiger partial charge in [0.2, 0.25) is 0 Å². The number of nitrogens with zero attached hydrogens (tertiary/aromatic N) is 4. The highest BCUT2D eigenvalue weighted by Gasteiger charge is 2.19. The van der Waals surface area contributed by atoms with E-state index in [2.05, 4.69) is 54.8 Å². The van der Waals surface area contributed by atoms with Gasteiger partial charge >= 0.3 is 0 Å². The van der Waals surface area contributed by atoms with Gasteiger partial charge in [-0.1, -0.05) is 6.92 Å². The zero-order valence-corrected chi connectivity index (χ0v) is 13.7. The number of hydrogen-bond donors (Lipinski definition) is 1. The average Bonchev–Trinajstić information content (AvgIpc) is 2.81. The molecule has 6 heteroatoms. The Balaban J connectivity index is 2.30. The Morgan fingerprint density at radius 3 is 2.75 bits per heavy atom. The largest absolute Gasteiger partial charge is 0.311 e. The maximum Gasteiger partial charge on any atom is 0.115 e. The third-order valence-electron chi connectivity index (χ3n) is 3.40. The predicted molar refractivity (Wildman–Crippen MR) is 82.5 cm³/mol. The summed E-state index contributed by atoms with van der Waals surface area (Å²) in [5.41, 5.74) is 3.32. The fourth-order valence-electron chi connectivity index (χ4n) is 2.27. The minimum absolute atomic E-state index is 0.154. The zero-order valence-electron chi connectivity index (χ0n) is 12.1. The monoisotopic (exact) mass is 337 g/mol. The Morgan fingerprint density at radius 1 is 1.40 bits per heavy atom. The molecule has 0 amide bonds. The molecule has 0 radical (unpaired) electrons. The first-order valence-corrected chi connectivity index (χ1v) is 7.67. The van der Waals surface area contributed by atoms with Gasteiger partial charge in [-0.3, -0.25) is 4.68 Å². The van der Waals surface area contributed by atoms with Crippen molar-refractivity contribution in [3.63, 3.8) is 0 Å². The van der Waals surface area contributed by atoms with Crippen molar-refractivity contribution < 1.29 is 0 Å². The minimum atomic E-state index is 0.154. The maximum absolute atomic E-state index is 4.64. The van der Waals surface area contributed by atoms with Gasteiger partial charge in [0.05, 0.1) is 27.6 Å². The number of aryl methyl sites for hydroxylation is 2. The van der Waals surface area contributed by atoms with Crippen molar-refractivity contribution in [3.05, 3.63) is 40.1 Å². The van der Waals surface area contributed by atoms with Crippen molar-refractivity contribution in [2.75, 3.05) is 7.05 Å². The molecule has 20 heavy (non-hydrogen) atoms. The SMILES string of the molecule is CCc1nn(CC)c(CC(NC)c2ccncn2)c1Br. The lowest BCUT2D eigenvalue weighted by Gasteiger charge is -2.16. The van der Waals surface area contributed by atoms with Crippen molar-refractivity contribution in [2.24, 2.45) is 0 Å². The number of halogens is 1. The molecule has 2 rings (SSSR count). The summed E-state index contributed by atoms with van der Waals surface area (Å²) in [6.45, 7) is 5.10. The van der Waals surface area contributed by atoms with Crippen LogP contribution in [-0.2, 0) is 19.4 Å². The van der Waals surface area contributed by atoms with E-state index < -0.39 is 0 Å². The highest BCUT2D eigenvalue weighted by Crippen LogP contribution is 2.26. The van der Waals surface area contributed by atoms with Gasteiger partial charge in [-0.25, -0.2) is 9.97 Å². The molecule has 2 aromatic heterocycles. The van der Waals surface area contributed by atoms with E-state index in [1.807, 2.05) is 13.1 Å². The lowest BCUT2D eigenvalue weighted by Crippen LogP contribution is -2.21. The first-order valence-electron chi connectivity index (χ1n) is 6.88. The standard InChI is InChI=1S/C14H20BrN5/c1-4-10-14(15)13(20(5-2)19-10)8-12(16-3)11-6-7-17-9-18-11/h6-7,9,12,16H,4-5,8H2,1-3H3. The molecule has 1 unspecified atom stereocenters. The van der Waals surface area contributed by atoms with Crippen LogP contribution in [0.15, 0.2) is 23.1 Å². The summed E-state index contributed by atoms with van der Waals surface area (Å²) in [6.07, 6.45) is 5.13. The molecule has 0 aliphatic rings. The highest BCUT2D eigenvalue weighted by molar-refractivity contribution is 9.10. The van der Waals surface area contributed by atoms with Crippen molar-refractivity contribution in [1.29, 1.82) is 0 Å². The fourth-order valence-corrected chi connectivity index (χ4v) is 2.99. The van der Waals surface area contributed by atoms with Crippen LogP contribution >= 0.6 is 15.9 Å². The molecule has 0 bridgehead atoms. The Kier molecular flexibility index (Phi) is 5.25. The molecule has 0 fully saturated rings. The number of aromatic nitrogens is 4. The lowest BCUT2D eigenvalue weighted by molar-refractivity contribution is 0.529. The van der Waals surface area contributed by atoms with E-state index in [9.17, 15) is 0 Å². The number of rotatable bonds is 6. The fraction of sp³-hybridized carbons (Fsp3) is 0.500. The van der Waals surface area contributed by atoms with Crippen LogP contribution in [0.2, 0.25) is 0 Å². The molecule has 0 saturated carbocycles. The Bertz CT molecular complexity index is 552. The van der Waals surface area contributed by atoms with Crippen LogP contribution in [0.4, 0.5) is 0 Å².